The van der Waals surface area contributed by atoms with Crippen molar-refractivity contribution < 1.29 is 9.53 Å². The Balaban J connectivity index is 2.33. The van der Waals surface area contributed by atoms with E-state index < -0.39 is 0 Å². The van der Waals surface area contributed by atoms with Crippen molar-refractivity contribution in [1.82, 2.24) is 9.80 Å². The van der Waals surface area contributed by atoms with Gasteiger partial charge in [-0.25, -0.2) is 4.79 Å². The molecule has 0 radical (unpaired) electrons. The van der Waals surface area contributed by atoms with E-state index in [1.807, 2.05) is 13.8 Å². The van der Waals surface area contributed by atoms with Gasteiger partial charge in [-0.1, -0.05) is 0 Å². The van der Waals surface area contributed by atoms with Crippen molar-refractivity contribution in [3.8, 4) is 0 Å². The van der Waals surface area contributed by atoms with E-state index in [1.54, 1.807) is 4.90 Å². The summed E-state index contributed by atoms with van der Waals surface area (Å²) in [6.07, 6.45) is 4.22. The predicted molar refractivity (Wildman–Crippen MR) is 69.1 cm³/mol. The molecular weight excluding hydrogens is 216 g/mol. The Labute approximate surface area is 105 Å². The zero-order valence-electron chi connectivity index (χ0n) is 11.6. The van der Waals surface area contributed by atoms with Gasteiger partial charge in [0, 0.05) is 19.1 Å². The van der Waals surface area contributed by atoms with Gasteiger partial charge in [-0.3, -0.25) is 0 Å². The first-order valence-corrected chi connectivity index (χ1v) is 6.70. The minimum atomic E-state index is -0.150. The largest absolute Gasteiger partial charge is 0.446 e. The molecule has 1 fully saturated rings. The van der Waals surface area contributed by atoms with E-state index >= 15 is 0 Å². The lowest BCUT2D eigenvalue weighted by molar-refractivity contribution is 0.0351. The molecule has 4 heteroatoms. The number of hydrogen-bond donors (Lipinski definition) is 0. The quantitative estimate of drug-likeness (QED) is 0.758. The summed E-state index contributed by atoms with van der Waals surface area (Å²) in [5, 5.41) is 0. The first-order valence-electron chi connectivity index (χ1n) is 6.70. The smallest absolute Gasteiger partial charge is 0.410 e. The van der Waals surface area contributed by atoms with Crippen molar-refractivity contribution in [2.45, 2.75) is 51.7 Å². The molecule has 0 saturated heterocycles. The fourth-order valence-corrected chi connectivity index (χ4v) is 2.38. The molecule has 0 aromatic rings. The van der Waals surface area contributed by atoms with Crippen LogP contribution in [0, 0.1) is 0 Å². The van der Waals surface area contributed by atoms with Crippen LogP contribution in [0.25, 0.3) is 0 Å². The zero-order chi connectivity index (χ0) is 12.8. The maximum absolute atomic E-state index is 11.8. The van der Waals surface area contributed by atoms with Gasteiger partial charge in [0.05, 0.1) is 0 Å². The molecule has 1 aliphatic carbocycles. The third-order valence-electron chi connectivity index (χ3n) is 3.66. The van der Waals surface area contributed by atoms with Crippen molar-refractivity contribution in [2.24, 2.45) is 0 Å². The average molecular weight is 242 g/mol. The summed E-state index contributed by atoms with van der Waals surface area (Å²) in [5.41, 5.74) is 0. The van der Waals surface area contributed by atoms with E-state index in [0.29, 0.717) is 6.04 Å². The van der Waals surface area contributed by atoms with Crippen molar-refractivity contribution in [3.63, 3.8) is 0 Å². The molecule has 0 aliphatic heterocycles. The topological polar surface area (TPSA) is 32.8 Å². The normalized spacial score (nSPS) is 24.8. The third-order valence-corrected chi connectivity index (χ3v) is 3.66. The fourth-order valence-electron chi connectivity index (χ4n) is 2.38. The van der Waals surface area contributed by atoms with Gasteiger partial charge in [0.2, 0.25) is 0 Å². The molecular formula is C13H26N2O2. The molecule has 0 bridgehead atoms. The third kappa shape index (κ3) is 4.19. The molecule has 0 N–H and O–H groups in total. The highest BCUT2D eigenvalue weighted by atomic mass is 16.6. The van der Waals surface area contributed by atoms with Crippen LogP contribution in [0.15, 0.2) is 0 Å². The van der Waals surface area contributed by atoms with Crippen LogP contribution in [0.1, 0.15) is 39.5 Å². The lowest BCUT2D eigenvalue weighted by Crippen LogP contribution is -2.38. The monoisotopic (exact) mass is 242 g/mol. The van der Waals surface area contributed by atoms with E-state index in [4.69, 9.17) is 4.74 Å². The maximum atomic E-state index is 11.8. The Morgan fingerprint density at radius 2 is 1.65 bits per heavy atom. The zero-order valence-corrected chi connectivity index (χ0v) is 11.6. The summed E-state index contributed by atoms with van der Waals surface area (Å²) >= 11 is 0. The van der Waals surface area contributed by atoms with Crippen LogP contribution >= 0.6 is 0 Å². The Bertz CT molecular complexity index is 232. The standard InChI is InChI=1S/C13H26N2O2/c1-5-15(6-2)13(16)17-12-9-7-11(8-10-12)14(3)4/h11-12H,5-10H2,1-4H3. The van der Waals surface area contributed by atoms with Crippen LogP contribution < -0.4 is 0 Å². The summed E-state index contributed by atoms with van der Waals surface area (Å²) in [4.78, 5) is 15.8. The number of carbonyl (C=O) groups is 1. The summed E-state index contributed by atoms with van der Waals surface area (Å²) in [6, 6.07) is 0.651. The van der Waals surface area contributed by atoms with Crippen molar-refractivity contribution in [2.75, 3.05) is 27.2 Å². The molecule has 0 unspecified atom stereocenters. The van der Waals surface area contributed by atoms with Crippen LogP contribution in [0.3, 0.4) is 0 Å². The first kappa shape index (κ1) is 14.3. The van der Waals surface area contributed by atoms with Crippen LogP contribution in [0.2, 0.25) is 0 Å². The molecule has 0 aromatic carbocycles. The second kappa shape index (κ2) is 6.84. The molecule has 100 valence electrons. The molecule has 1 aliphatic rings. The number of ether oxygens (including phenoxy) is 1. The SMILES string of the molecule is CCN(CC)C(=O)OC1CCC(N(C)C)CC1. The van der Waals surface area contributed by atoms with Gasteiger partial charge in [0.1, 0.15) is 6.10 Å². The minimum Gasteiger partial charge on any atom is -0.446 e. The van der Waals surface area contributed by atoms with Gasteiger partial charge in [0.15, 0.2) is 0 Å². The first-order chi connectivity index (χ1) is 8.08. The lowest BCUT2D eigenvalue weighted by Gasteiger charge is -2.33. The lowest BCUT2D eigenvalue weighted by atomic mass is 9.92. The van der Waals surface area contributed by atoms with E-state index in [1.165, 1.54) is 0 Å². The van der Waals surface area contributed by atoms with E-state index in [2.05, 4.69) is 19.0 Å². The summed E-state index contributed by atoms with van der Waals surface area (Å²) in [7, 11) is 4.24. The van der Waals surface area contributed by atoms with Gasteiger partial charge in [-0.05, 0) is 53.6 Å². The fraction of sp³-hybridized carbons (Fsp3) is 0.923. The Morgan fingerprint density at radius 3 is 2.06 bits per heavy atom. The predicted octanol–water partition coefficient (Wildman–Crippen LogP) is 2.34. The minimum absolute atomic E-state index is 0.124. The highest BCUT2D eigenvalue weighted by Gasteiger charge is 2.25. The summed E-state index contributed by atoms with van der Waals surface area (Å²) in [5.74, 6) is 0. The highest BCUT2D eigenvalue weighted by Crippen LogP contribution is 2.24. The van der Waals surface area contributed by atoms with Crippen LogP contribution in [0.4, 0.5) is 4.79 Å². The van der Waals surface area contributed by atoms with Gasteiger partial charge in [-0.2, -0.15) is 0 Å². The van der Waals surface area contributed by atoms with Crippen molar-refractivity contribution in [1.29, 1.82) is 0 Å². The van der Waals surface area contributed by atoms with Crippen LogP contribution in [0.5, 0.6) is 0 Å². The van der Waals surface area contributed by atoms with Crippen LogP contribution in [-0.2, 0) is 4.74 Å². The molecule has 0 spiro atoms. The van der Waals surface area contributed by atoms with E-state index in [0.717, 1.165) is 38.8 Å². The summed E-state index contributed by atoms with van der Waals surface area (Å²) in [6.45, 7) is 5.41. The Hall–Kier alpha value is -0.770. The Morgan fingerprint density at radius 1 is 1.12 bits per heavy atom. The van der Waals surface area contributed by atoms with Gasteiger partial charge in [-0.15, -0.1) is 0 Å². The maximum Gasteiger partial charge on any atom is 0.410 e. The number of rotatable bonds is 4. The van der Waals surface area contributed by atoms with E-state index in [9.17, 15) is 4.79 Å². The van der Waals surface area contributed by atoms with Gasteiger partial charge < -0.3 is 14.5 Å². The second-order valence-corrected chi connectivity index (χ2v) is 4.95. The molecule has 4 nitrogen and oxygen atoms in total. The van der Waals surface area contributed by atoms with Crippen molar-refractivity contribution in [3.05, 3.63) is 0 Å². The highest BCUT2D eigenvalue weighted by molar-refractivity contribution is 5.67. The molecule has 0 aromatic heterocycles. The molecule has 1 amide bonds. The number of amides is 1. The molecule has 17 heavy (non-hydrogen) atoms. The molecule has 0 heterocycles. The number of carbonyl (C=O) groups excluding carboxylic acids is 1. The number of hydrogen-bond acceptors (Lipinski definition) is 3. The number of nitrogens with zero attached hydrogens (tertiary/aromatic N) is 2. The molecule has 1 saturated carbocycles. The summed E-state index contributed by atoms with van der Waals surface area (Å²) < 4.78 is 5.53. The van der Waals surface area contributed by atoms with Crippen LogP contribution in [-0.4, -0.2) is 55.2 Å². The average Bonchev–Trinajstić information content (AvgIpc) is 2.31. The molecule has 1 rings (SSSR count). The second-order valence-electron chi connectivity index (χ2n) is 4.95. The Kier molecular flexibility index (Phi) is 5.75. The van der Waals surface area contributed by atoms with Crippen molar-refractivity contribution >= 4 is 6.09 Å². The van der Waals surface area contributed by atoms with Gasteiger partial charge in [0.25, 0.3) is 0 Å². The van der Waals surface area contributed by atoms with E-state index in [-0.39, 0.29) is 12.2 Å². The molecule has 0 atom stereocenters. The van der Waals surface area contributed by atoms with Gasteiger partial charge >= 0.3 is 6.09 Å².